The average molecular weight is 333 g/mol. The highest BCUT2D eigenvalue weighted by atomic mass is 16.8. The molecule has 3 saturated heterocycles. The van der Waals surface area contributed by atoms with Crippen molar-refractivity contribution >= 4 is 5.91 Å². The van der Waals surface area contributed by atoms with Gasteiger partial charge in [0.2, 0.25) is 5.91 Å². The number of fused-ring (bicyclic) bond motifs is 3. The van der Waals surface area contributed by atoms with E-state index in [2.05, 4.69) is 0 Å². The summed E-state index contributed by atoms with van der Waals surface area (Å²) in [5.41, 5.74) is 1.08. The zero-order chi connectivity index (χ0) is 16.9. The quantitative estimate of drug-likeness (QED) is 0.893. The third-order valence-corrected chi connectivity index (χ3v) is 5.02. The second-order valence-electron chi connectivity index (χ2n) is 7.20. The fourth-order valence-electron chi connectivity index (χ4n) is 4.12. The van der Waals surface area contributed by atoms with Crippen molar-refractivity contribution in [3.05, 3.63) is 35.9 Å². The minimum Gasteiger partial charge on any atom is -0.390 e. The highest BCUT2D eigenvalue weighted by Gasteiger charge is 2.63. The summed E-state index contributed by atoms with van der Waals surface area (Å²) in [7, 11) is 0. The number of aliphatic hydroxyl groups is 1. The average Bonchev–Trinajstić information content (AvgIpc) is 3.09. The van der Waals surface area contributed by atoms with Crippen LogP contribution < -0.4 is 0 Å². The van der Waals surface area contributed by atoms with Gasteiger partial charge >= 0.3 is 0 Å². The molecule has 0 spiro atoms. The number of hydrogen-bond donors (Lipinski definition) is 1. The molecule has 130 valence electrons. The Balaban J connectivity index is 1.49. The van der Waals surface area contributed by atoms with Crippen LogP contribution in [0.5, 0.6) is 0 Å². The number of aliphatic hydroxyl groups excluding tert-OH is 1. The third-order valence-electron chi connectivity index (χ3n) is 5.02. The molecular formula is C18H23NO5. The van der Waals surface area contributed by atoms with Crippen LogP contribution in [0.4, 0.5) is 0 Å². The molecule has 6 nitrogen and oxygen atoms in total. The summed E-state index contributed by atoms with van der Waals surface area (Å²) in [6, 6.07) is 9.34. The van der Waals surface area contributed by atoms with E-state index in [0.29, 0.717) is 13.2 Å². The SMILES string of the molecule is CC1(C)OC2C(O1)C1C(O)CC(=O)N1C2COCc1ccccc1. The van der Waals surface area contributed by atoms with Gasteiger partial charge in [0, 0.05) is 0 Å². The molecule has 4 rings (SSSR count). The van der Waals surface area contributed by atoms with Gasteiger partial charge in [0.15, 0.2) is 5.79 Å². The van der Waals surface area contributed by atoms with E-state index in [1.165, 1.54) is 0 Å². The Kier molecular flexibility index (Phi) is 3.88. The first-order chi connectivity index (χ1) is 11.5. The van der Waals surface area contributed by atoms with Crippen molar-refractivity contribution < 1.29 is 24.1 Å². The summed E-state index contributed by atoms with van der Waals surface area (Å²) < 4.78 is 17.8. The van der Waals surface area contributed by atoms with Gasteiger partial charge in [0.25, 0.3) is 0 Å². The van der Waals surface area contributed by atoms with Crippen molar-refractivity contribution in [2.45, 2.75) is 63.1 Å². The van der Waals surface area contributed by atoms with Crippen LogP contribution in [-0.2, 0) is 25.6 Å². The lowest BCUT2D eigenvalue weighted by molar-refractivity contribution is -0.174. The maximum Gasteiger partial charge on any atom is 0.226 e. The molecule has 3 fully saturated rings. The van der Waals surface area contributed by atoms with Crippen LogP contribution in [0.2, 0.25) is 0 Å². The largest absolute Gasteiger partial charge is 0.390 e. The summed E-state index contributed by atoms with van der Waals surface area (Å²) >= 11 is 0. The van der Waals surface area contributed by atoms with Crippen molar-refractivity contribution in [1.82, 2.24) is 4.90 Å². The number of hydrogen-bond acceptors (Lipinski definition) is 5. The lowest BCUT2D eigenvalue weighted by Gasteiger charge is -2.30. The van der Waals surface area contributed by atoms with Gasteiger partial charge in [-0.1, -0.05) is 30.3 Å². The van der Waals surface area contributed by atoms with E-state index in [4.69, 9.17) is 14.2 Å². The molecular weight excluding hydrogens is 310 g/mol. The number of benzene rings is 1. The summed E-state index contributed by atoms with van der Waals surface area (Å²) in [5, 5.41) is 10.3. The van der Waals surface area contributed by atoms with Crippen LogP contribution in [0, 0.1) is 0 Å². The minimum absolute atomic E-state index is 0.0554. The molecule has 3 heterocycles. The van der Waals surface area contributed by atoms with Gasteiger partial charge < -0.3 is 24.2 Å². The van der Waals surface area contributed by atoms with Gasteiger partial charge in [-0.05, 0) is 19.4 Å². The fraction of sp³-hybridized carbons (Fsp3) is 0.611. The Morgan fingerprint density at radius 3 is 2.71 bits per heavy atom. The van der Waals surface area contributed by atoms with E-state index in [1.807, 2.05) is 44.2 Å². The molecule has 3 aliphatic rings. The standard InChI is InChI=1S/C18H23NO5/c1-18(2)23-16-12(10-22-9-11-6-4-3-5-7-11)19-14(21)8-13(20)15(19)17(16)24-18/h3-7,12-13,15-17,20H,8-10H2,1-2H3. The molecule has 24 heavy (non-hydrogen) atoms. The number of carbonyl (C=O) groups is 1. The minimum atomic E-state index is -0.707. The summed E-state index contributed by atoms with van der Waals surface area (Å²) in [6.45, 7) is 4.57. The molecule has 3 aliphatic heterocycles. The third kappa shape index (κ3) is 2.63. The Morgan fingerprint density at radius 1 is 1.25 bits per heavy atom. The van der Waals surface area contributed by atoms with E-state index in [0.717, 1.165) is 5.56 Å². The second-order valence-corrected chi connectivity index (χ2v) is 7.20. The van der Waals surface area contributed by atoms with Gasteiger partial charge in [0.05, 0.1) is 37.8 Å². The van der Waals surface area contributed by atoms with E-state index in [9.17, 15) is 9.90 Å². The van der Waals surface area contributed by atoms with Crippen LogP contribution in [0.3, 0.4) is 0 Å². The molecule has 1 aromatic rings. The van der Waals surface area contributed by atoms with Crippen LogP contribution in [0.15, 0.2) is 30.3 Å². The number of rotatable bonds is 4. The second kappa shape index (κ2) is 5.81. The van der Waals surface area contributed by atoms with Crippen LogP contribution in [0.25, 0.3) is 0 Å². The topological polar surface area (TPSA) is 68.2 Å². The summed E-state index contributed by atoms with van der Waals surface area (Å²) in [5.74, 6) is -0.759. The Labute approximate surface area is 141 Å². The highest BCUT2D eigenvalue weighted by molar-refractivity contribution is 5.81. The van der Waals surface area contributed by atoms with Crippen molar-refractivity contribution in [2.24, 2.45) is 0 Å². The first-order valence-electron chi connectivity index (χ1n) is 8.43. The molecule has 1 aromatic carbocycles. The molecule has 0 aromatic heterocycles. The molecule has 0 radical (unpaired) electrons. The van der Waals surface area contributed by atoms with Gasteiger partial charge in [-0.15, -0.1) is 0 Å². The Morgan fingerprint density at radius 2 is 1.96 bits per heavy atom. The normalized spacial score (nSPS) is 36.9. The van der Waals surface area contributed by atoms with Crippen molar-refractivity contribution in [2.75, 3.05) is 6.61 Å². The van der Waals surface area contributed by atoms with Crippen molar-refractivity contribution in [3.8, 4) is 0 Å². The molecule has 5 atom stereocenters. The Bertz CT molecular complexity index is 619. The van der Waals surface area contributed by atoms with Crippen LogP contribution in [-0.4, -0.2) is 58.7 Å². The molecule has 0 saturated carbocycles. The zero-order valence-electron chi connectivity index (χ0n) is 13.9. The van der Waals surface area contributed by atoms with Gasteiger partial charge in [-0.3, -0.25) is 4.79 Å². The number of nitrogens with zero attached hydrogens (tertiary/aromatic N) is 1. The lowest BCUT2D eigenvalue weighted by atomic mass is 10.0. The smallest absolute Gasteiger partial charge is 0.226 e. The number of ether oxygens (including phenoxy) is 3. The summed E-state index contributed by atoms with van der Waals surface area (Å²) in [6.07, 6.45) is -1.12. The first kappa shape index (κ1) is 16.0. The maximum atomic E-state index is 12.3. The monoisotopic (exact) mass is 333 g/mol. The van der Waals surface area contributed by atoms with E-state index in [1.54, 1.807) is 4.90 Å². The zero-order valence-corrected chi connectivity index (χ0v) is 13.9. The van der Waals surface area contributed by atoms with Crippen molar-refractivity contribution in [1.29, 1.82) is 0 Å². The highest BCUT2D eigenvalue weighted by Crippen LogP contribution is 2.44. The molecule has 0 bridgehead atoms. The molecule has 0 aliphatic carbocycles. The van der Waals surface area contributed by atoms with Crippen LogP contribution >= 0.6 is 0 Å². The number of carbonyl (C=O) groups excluding carboxylic acids is 1. The van der Waals surface area contributed by atoms with Gasteiger partial charge in [-0.2, -0.15) is 0 Å². The molecule has 1 N–H and O–H groups in total. The summed E-state index contributed by atoms with van der Waals surface area (Å²) in [4.78, 5) is 14.0. The van der Waals surface area contributed by atoms with Crippen molar-refractivity contribution in [3.63, 3.8) is 0 Å². The molecule has 6 heteroatoms. The lowest BCUT2D eigenvalue weighted by Crippen LogP contribution is -2.45. The predicted octanol–water partition coefficient (Wildman–Crippen LogP) is 1.07. The predicted molar refractivity (Wildman–Crippen MR) is 85.0 cm³/mol. The Hall–Kier alpha value is -1.47. The fourth-order valence-corrected chi connectivity index (χ4v) is 4.12. The van der Waals surface area contributed by atoms with E-state index in [-0.39, 0.29) is 36.6 Å². The van der Waals surface area contributed by atoms with E-state index < -0.39 is 11.9 Å². The number of amides is 1. The molecule has 1 amide bonds. The van der Waals surface area contributed by atoms with E-state index >= 15 is 0 Å². The first-order valence-corrected chi connectivity index (χ1v) is 8.43. The molecule has 5 unspecified atom stereocenters. The van der Waals surface area contributed by atoms with Crippen LogP contribution in [0.1, 0.15) is 25.8 Å². The van der Waals surface area contributed by atoms with Gasteiger partial charge in [0.1, 0.15) is 12.2 Å². The van der Waals surface area contributed by atoms with Gasteiger partial charge in [-0.25, -0.2) is 0 Å². The maximum absolute atomic E-state index is 12.3.